The summed E-state index contributed by atoms with van der Waals surface area (Å²) < 4.78 is 0. The number of aryl methyl sites for hydroxylation is 1. The minimum absolute atomic E-state index is 0.232. The molecule has 0 saturated heterocycles. The zero-order valence-electron chi connectivity index (χ0n) is 6.60. The first-order valence-electron chi connectivity index (χ1n) is 3.40. The van der Waals surface area contributed by atoms with Gasteiger partial charge in [-0.25, -0.2) is 4.98 Å². The third-order valence-corrected chi connectivity index (χ3v) is 2.38. The molecule has 0 bridgehead atoms. The highest BCUT2D eigenvalue weighted by Gasteiger charge is 2.01. The zero-order valence-corrected chi connectivity index (χ0v) is 7.41. The maximum Gasteiger partial charge on any atom is 0.0797 e. The van der Waals surface area contributed by atoms with Gasteiger partial charge < -0.3 is 0 Å². The van der Waals surface area contributed by atoms with Crippen molar-refractivity contribution in [3.8, 4) is 0 Å². The molecule has 0 radical (unpaired) electrons. The summed E-state index contributed by atoms with van der Waals surface area (Å²) in [5.74, 6) is 0. The van der Waals surface area contributed by atoms with Gasteiger partial charge in [0.05, 0.1) is 23.2 Å². The molecule has 0 aliphatic heterocycles. The van der Waals surface area contributed by atoms with Crippen molar-refractivity contribution in [3.63, 3.8) is 0 Å². The number of nitrogens with zero attached hydrogens (tertiary/aromatic N) is 2. The lowest BCUT2D eigenvalue weighted by Gasteiger charge is -2.04. The zero-order chi connectivity index (χ0) is 8.97. The molecule has 0 amide bonds. The van der Waals surface area contributed by atoms with Gasteiger partial charge in [-0.05, 0) is 6.92 Å². The third kappa shape index (κ3) is 2.84. The molecule has 1 aromatic heterocycles. The van der Waals surface area contributed by atoms with E-state index >= 15 is 0 Å². The van der Waals surface area contributed by atoms with Gasteiger partial charge in [-0.1, -0.05) is 0 Å². The van der Waals surface area contributed by atoms with E-state index in [0.29, 0.717) is 6.42 Å². The molecule has 2 N–H and O–H groups in total. The standard InChI is InChI=1S/C6H10N2O3S/c1-5-6(12-4-7-5)2-3-11-8(9)10/h4,9-10H,2-3H2,1H3. The summed E-state index contributed by atoms with van der Waals surface area (Å²) >= 11 is 1.53. The van der Waals surface area contributed by atoms with Crippen LogP contribution in [0.25, 0.3) is 0 Å². The molecular weight excluding hydrogens is 180 g/mol. The van der Waals surface area contributed by atoms with E-state index in [9.17, 15) is 0 Å². The van der Waals surface area contributed by atoms with Crippen LogP contribution in [0.5, 0.6) is 0 Å². The Hall–Kier alpha value is -0.530. The van der Waals surface area contributed by atoms with Crippen molar-refractivity contribution in [3.05, 3.63) is 16.1 Å². The minimum atomic E-state index is -0.281. The van der Waals surface area contributed by atoms with Crippen molar-refractivity contribution in [2.75, 3.05) is 6.61 Å². The Morgan fingerprint density at radius 2 is 2.42 bits per heavy atom. The fourth-order valence-electron chi connectivity index (χ4n) is 0.786. The molecule has 0 spiro atoms. The largest absolute Gasteiger partial charge is 0.266 e. The molecule has 1 heterocycles. The number of hydrogen-bond donors (Lipinski definition) is 2. The number of hydrogen-bond acceptors (Lipinski definition) is 6. The fourth-order valence-corrected chi connectivity index (χ4v) is 1.55. The van der Waals surface area contributed by atoms with Gasteiger partial charge in [-0.2, -0.15) is 0 Å². The summed E-state index contributed by atoms with van der Waals surface area (Å²) in [6.07, 6.45) is 0.633. The third-order valence-electron chi connectivity index (χ3n) is 1.38. The van der Waals surface area contributed by atoms with Crippen LogP contribution in [0.4, 0.5) is 0 Å². The summed E-state index contributed by atoms with van der Waals surface area (Å²) in [6.45, 7) is 2.14. The molecule has 0 unspecified atom stereocenters. The molecule has 0 atom stereocenters. The van der Waals surface area contributed by atoms with Crippen LogP contribution in [0.1, 0.15) is 10.6 Å². The van der Waals surface area contributed by atoms with Crippen molar-refractivity contribution in [1.29, 1.82) is 0 Å². The average Bonchev–Trinajstić information content (AvgIpc) is 2.36. The van der Waals surface area contributed by atoms with E-state index in [2.05, 4.69) is 9.82 Å². The van der Waals surface area contributed by atoms with E-state index < -0.39 is 0 Å². The van der Waals surface area contributed by atoms with Crippen LogP contribution in [0.15, 0.2) is 5.51 Å². The highest BCUT2D eigenvalue weighted by Crippen LogP contribution is 2.12. The summed E-state index contributed by atoms with van der Waals surface area (Å²) in [4.78, 5) is 9.53. The molecular formula is C6H10N2O3S. The van der Waals surface area contributed by atoms with E-state index in [-0.39, 0.29) is 12.0 Å². The lowest BCUT2D eigenvalue weighted by molar-refractivity contribution is -0.492. The normalized spacial score (nSPS) is 11.0. The van der Waals surface area contributed by atoms with Crippen LogP contribution in [0.3, 0.4) is 0 Å². The van der Waals surface area contributed by atoms with Crippen LogP contribution >= 0.6 is 11.3 Å². The Balaban J connectivity index is 2.29. The molecule has 0 aliphatic rings. The molecule has 12 heavy (non-hydrogen) atoms. The molecule has 0 saturated carbocycles. The molecule has 68 valence electrons. The van der Waals surface area contributed by atoms with Crippen molar-refractivity contribution >= 4 is 11.3 Å². The predicted molar refractivity (Wildman–Crippen MR) is 41.9 cm³/mol. The lowest BCUT2D eigenvalue weighted by atomic mass is 10.3. The van der Waals surface area contributed by atoms with Crippen LogP contribution < -0.4 is 0 Å². The molecule has 0 aromatic carbocycles. The van der Waals surface area contributed by atoms with Crippen molar-refractivity contribution in [2.45, 2.75) is 13.3 Å². The maximum atomic E-state index is 8.20. The quantitative estimate of drug-likeness (QED) is 0.693. The first kappa shape index (κ1) is 9.56. The van der Waals surface area contributed by atoms with E-state index in [1.165, 1.54) is 11.3 Å². The van der Waals surface area contributed by atoms with Gasteiger partial charge in [-0.15, -0.1) is 11.3 Å². The van der Waals surface area contributed by atoms with Gasteiger partial charge in [0.1, 0.15) is 0 Å². The second-order valence-electron chi connectivity index (χ2n) is 2.20. The van der Waals surface area contributed by atoms with E-state index in [0.717, 1.165) is 10.6 Å². The second-order valence-corrected chi connectivity index (χ2v) is 3.14. The number of aromatic nitrogens is 1. The molecule has 1 aromatic rings. The van der Waals surface area contributed by atoms with Crippen LogP contribution in [-0.2, 0) is 11.3 Å². The molecule has 5 nitrogen and oxygen atoms in total. The van der Waals surface area contributed by atoms with Crippen molar-refractivity contribution in [2.24, 2.45) is 0 Å². The molecule has 0 fully saturated rings. The topological polar surface area (TPSA) is 65.8 Å². The van der Waals surface area contributed by atoms with Gasteiger partial charge in [0.2, 0.25) is 0 Å². The van der Waals surface area contributed by atoms with E-state index in [4.69, 9.17) is 10.4 Å². The van der Waals surface area contributed by atoms with E-state index in [1.807, 2.05) is 6.92 Å². The van der Waals surface area contributed by atoms with E-state index in [1.54, 1.807) is 5.51 Å². The smallest absolute Gasteiger partial charge is 0.0797 e. The maximum absolute atomic E-state index is 8.20. The number of rotatable bonds is 4. The summed E-state index contributed by atoms with van der Waals surface area (Å²) in [5, 5.41) is 16.1. The fraction of sp³-hybridized carbons (Fsp3) is 0.500. The summed E-state index contributed by atoms with van der Waals surface area (Å²) in [6, 6.07) is 0. The summed E-state index contributed by atoms with van der Waals surface area (Å²) in [5.41, 5.74) is 2.71. The summed E-state index contributed by atoms with van der Waals surface area (Å²) in [7, 11) is 0. The lowest BCUT2D eigenvalue weighted by Crippen LogP contribution is -2.16. The Bertz CT molecular complexity index is 238. The first-order chi connectivity index (χ1) is 5.70. The molecule has 6 heteroatoms. The van der Waals surface area contributed by atoms with Crippen molar-refractivity contribution < 1.29 is 15.3 Å². The highest BCUT2D eigenvalue weighted by molar-refractivity contribution is 7.09. The van der Waals surface area contributed by atoms with Gasteiger partial charge in [0.15, 0.2) is 0 Å². The Labute approximate surface area is 73.7 Å². The van der Waals surface area contributed by atoms with Crippen molar-refractivity contribution in [1.82, 2.24) is 10.4 Å². The highest BCUT2D eigenvalue weighted by atomic mass is 32.1. The SMILES string of the molecule is Cc1ncsc1CCON(O)O. The van der Waals surface area contributed by atoms with Crippen LogP contribution in [0, 0.1) is 6.92 Å². The van der Waals surface area contributed by atoms with Crippen LogP contribution in [-0.4, -0.2) is 27.4 Å². The monoisotopic (exact) mass is 190 g/mol. The first-order valence-corrected chi connectivity index (χ1v) is 4.28. The van der Waals surface area contributed by atoms with Gasteiger partial charge in [0.25, 0.3) is 0 Å². The van der Waals surface area contributed by atoms with Gasteiger partial charge >= 0.3 is 0 Å². The molecule has 1 rings (SSSR count). The number of thiazole rings is 1. The van der Waals surface area contributed by atoms with Gasteiger partial charge in [-0.3, -0.25) is 15.3 Å². The van der Waals surface area contributed by atoms with Gasteiger partial charge in [0, 0.05) is 11.3 Å². The Morgan fingerprint density at radius 3 is 2.92 bits per heavy atom. The average molecular weight is 190 g/mol. The van der Waals surface area contributed by atoms with Crippen LogP contribution in [0.2, 0.25) is 0 Å². The Kier molecular flexibility index (Phi) is 3.57. The molecule has 0 aliphatic carbocycles. The minimum Gasteiger partial charge on any atom is -0.266 e. The predicted octanol–water partition coefficient (Wildman–Crippen LogP) is 1.01. The Morgan fingerprint density at radius 1 is 1.67 bits per heavy atom. The second kappa shape index (κ2) is 4.48.